The number of anilines is 1. The van der Waals surface area contributed by atoms with Gasteiger partial charge in [-0.05, 0) is 19.1 Å². The average Bonchev–Trinajstić information content (AvgIpc) is 3.33. The van der Waals surface area contributed by atoms with Gasteiger partial charge in [0.25, 0.3) is 0 Å². The zero-order chi connectivity index (χ0) is 20.0. The number of H-pyrrole nitrogens is 1. The first-order valence-corrected chi connectivity index (χ1v) is 8.79. The zero-order valence-electron chi connectivity index (χ0n) is 15.1. The van der Waals surface area contributed by atoms with E-state index in [4.69, 9.17) is 0 Å². The van der Waals surface area contributed by atoms with Gasteiger partial charge in [0, 0.05) is 12.1 Å². The third-order valence-electron chi connectivity index (χ3n) is 4.55. The molecule has 5 rings (SSSR count). The van der Waals surface area contributed by atoms with Gasteiger partial charge in [-0.2, -0.15) is 0 Å². The minimum atomic E-state index is -0.499. The maximum Gasteiger partial charge on any atom is 0.162 e. The van der Waals surface area contributed by atoms with Gasteiger partial charge >= 0.3 is 0 Å². The summed E-state index contributed by atoms with van der Waals surface area (Å²) in [5.74, 6) is 0.150. The van der Waals surface area contributed by atoms with Crippen molar-refractivity contribution in [3.63, 3.8) is 0 Å². The van der Waals surface area contributed by atoms with Crippen molar-refractivity contribution in [1.29, 1.82) is 0 Å². The highest BCUT2D eigenvalue weighted by molar-refractivity contribution is 5.82. The molecule has 0 radical (unpaired) electrons. The number of rotatable bonds is 4. The van der Waals surface area contributed by atoms with Crippen LogP contribution in [0.2, 0.25) is 0 Å². The molecule has 144 valence electrons. The van der Waals surface area contributed by atoms with Gasteiger partial charge in [-0.1, -0.05) is 0 Å². The highest BCUT2D eigenvalue weighted by Crippen LogP contribution is 2.28. The van der Waals surface area contributed by atoms with E-state index in [1.54, 1.807) is 10.6 Å². The summed E-state index contributed by atoms with van der Waals surface area (Å²) in [7, 11) is 0. The van der Waals surface area contributed by atoms with Crippen molar-refractivity contribution in [3.8, 4) is 5.69 Å². The number of nitrogens with zero attached hydrogens (tertiary/aromatic N) is 6. The summed E-state index contributed by atoms with van der Waals surface area (Å²) >= 11 is 0. The van der Waals surface area contributed by atoms with E-state index in [0.717, 1.165) is 6.20 Å². The predicted octanol–water partition coefficient (Wildman–Crippen LogP) is 3.54. The molecule has 0 amide bonds. The number of pyridine rings is 1. The fraction of sp³-hybridized carbons (Fsp3) is 0.105. The molecule has 0 bridgehead atoms. The summed E-state index contributed by atoms with van der Waals surface area (Å²) < 4.78 is 29.5. The van der Waals surface area contributed by atoms with Gasteiger partial charge in [0.2, 0.25) is 0 Å². The lowest BCUT2D eigenvalue weighted by Crippen LogP contribution is -2.14. The Morgan fingerprint density at radius 1 is 1.07 bits per heavy atom. The molecule has 1 atom stereocenters. The van der Waals surface area contributed by atoms with Crippen LogP contribution in [0.5, 0.6) is 0 Å². The van der Waals surface area contributed by atoms with Crippen molar-refractivity contribution in [2.24, 2.45) is 0 Å². The number of nitrogens with one attached hydrogen (secondary N) is 2. The van der Waals surface area contributed by atoms with E-state index in [2.05, 4.69) is 35.2 Å². The lowest BCUT2D eigenvalue weighted by atomic mass is 10.2. The Morgan fingerprint density at radius 2 is 1.97 bits per heavy atom. The molecule has 0 saturated heterocycles. The van der Waals surface area contributed by atoms with Crippen molar-refractivity contribution >= 4 is 28.0 Å². The molecule has 0 aliphatic rings. The minimum absolute atomic E-state index is 0.372. The van der Waals surface area contributed by atoms with Gasteiger partial charge < -0.3 is 10.3 Å². The second kappa shape index (κ2) is 6.59. The highest BCUT2D eigenvalue weighted by atomic mass is 19.1. The molecule has 0 saturated carbocycles. The Labute approximate surface area is 162 Å². The van der Waals surface area contributed by atoms with Crippen LogP contribution < -0.4 is 5.32 Å². The molecule has 5 aromatic rings. The van der Waals surface area contributed by atoms with Crippen molar-refractivity contribution < 1.29 is 8.78 Å². The van der Waals surface area contributed by atoms with Gasteiger partial charge in [-0.15, -0.1) is 0 Å². The average molecular weight is 392 g/mol. The number of aromatic nitrogens is 7. The minimum Gasteiger partial charge on any atom is -0.358 e. The first-order valence-electron chi connectivity index (χ1n) is 8.79. The number of hydrogen-bond donors (Lipinski definition) is 2. The largest absolute Gasteiger partial charge is 0.358 e. The van der Waals surface area contributed by atoms with Crippen LogP contribution >= 0.6 is 0 Å². The molecule has 1 aromatic carbocycles. The first-order chi connectivity index (χ1) is 14.1. The molecule has 0 spiro atoms. The number of imidazole rings is 2. The SMILES string of the molecule is C[C@@H](Nc1ncnc2[nH]cnc12)c1nc2ccc(F)cc2n1-c1cncc(F)c1. The van der Waals surface area contributed by atoms with E-state index in [-0.39, 0.29) is 6.04 Å². The first kappa shape index (κ1) is 17.2. The van der Waals surface area contributed by atoms with Crippen LogP contribution in [0.15, 0.2) is 49.3 Å². The second-order valence-electron chi connectivity index (χ2n) is 6.49. The molecule has 2 N–H and O–H groups in total. The van der Waals surface area contributed by atoms with Crippen LogP contribution in [-0.2, 0) is 0 Å². The monoisotopic (exact) mass is 392 g/mol. The number of hydrogen-bond acceptors (Lipinski definition) is 6. The van der Waals surface area contributed by atoms with Crippen LogP contribution in [0.3, 0.4) is 0 Å². The van der Waals surface area contributed by atoms with Crippen LogP contribution in [0.1, 0.15) is 18.8 Å². The summed E-state index contributed by atoms with van der Waals surface area (Å²) in [6.07, 6.45) is 5.57. The summed E-state index contributed by atoms with van der Waals surface area (Å²) in [5, 5.41) is 3.26. The zero-order valence-corrected chi connectivity index (χ0v) is 15.1. The van der Waals surface area contributed by atoms with Crippen molar-refractivity contribution in [2.45, 2.75) is 13.0 Å². The molecule has 0 aliphatic carbocycles. The van der Waals surface area contributed by atoms with Crippen molar-refractivity contribution in [3.05, 3.63) is 66.8 Å². The second-order valence-corrected chi connectivity index (χ2v) is 6.49. The fourth-order valence-corrected chi connectivity index (χ4v) is 3.29. The number of benzene rings is 1. The summed E-state index contributed by atoms with van der Waals surface area (Å²) in [4.78, 5) is 24.1. The van der Waals surface area contributed by atoms with E-state index in [0.29, 0.717) is 39.5 Å². The molecular formula is C19H14F2N8. The van der Waals surface area contributed by atoms with Crippen LogP contribution in [0.25, 0.3) is 27.9 Å². The van der Waals surface area contributed by atoms with Crippen molar-refractivity contribution in [2.75, 3.05) is 5.32 Å². The summed E-state index contributed by atoms with van der Waals surface area (Å²) in [5.41, 5.74) is 2.70. The van der Waals surface area contributed by atoms with E-state index in [1.165, 1.54) is 37.1 Å². The molecule has 10 heteroatoms. The van der Waals surface area contributed by atoms with Crippen molar-refractivity contribution in [1.82, 2.24) is 34.5 Å². The molecular weight excluding hydrogens is 378 g/mol. The smallest absolute Gasteiger partial charge is 0.162 e. The lowest BCUT2D eigenvalue weighted by molar-refractivity contribution is 0.619. The summed E-state index contributed by atoms with van der Waals surface area (Å²) in [6, 6.07) is 5.24. The number of fused-ring (bicyclic) bond motifs is 2. The molecule has 29 heavy (non-hydrogen) atoms. The molecule has 0 fully saturated rings. The van der Waals surface area contributed by atoms with E-state index >= 15 is 0 Å². The molecule has 4 aromatic heterocycles. The van der Waals surface area contributed by atoms with Crippen LogP contribution in [-0.4, -0.2) is 34.5 Å². The Kier molecular flexibility index (Phi) is 3.90. The van der Waals surface area contributed by atoms with E-state index in [1.807, 2.05) is 6.92 Å². The quantitative estimate of drug-likeness (QED) is 0.486. The van der Waals surface area contributed by atoms with Gasteiger partial charge in [0.15, 0.2) is 11.5 Å². The van der Waals surface area contributed by atoms with Gasteiger partial charge in [-0.3, -0.25) is 9.55 Å². The maximum absolute atomic E-state index is 13.9. The maximum atomic E-state index is 13.9. The topological polar surface area (TPSA) is 97.2 Å². The number of halogens is 2. The Hall–Kier alpha value is -3.95. The molecule has 8 nitrogen and oxygen atoms in total. The van der Waals surface area contributed by atoms with E-state index < -0.39 is 11.6 Å². The van der Waals surface area contributed by atoms with Crippen LogP contribution in [0.4, 0.5) is 14.6 Å². The lowest BCUT2D eigenvalue weighted by Gasteiger charge is -2.17. The molecule has 0 aliphatic heterocycles. The Balaban J connectivity index is 1.66. The fourth-order valence-electron chi connectivity index (χ4n) is 3.29. The highest BCUT2D eigenvalue weighted by Gasteiger charge is 2.20. The predicted molar refractivity (Wildman–Crippen MR) is 103 cm³/mol. The number of aromatic amines is 1. The van der Waals surface area contributed by atoms with Gasteiger partial charge in [0.05, 0.1) is 41.5 Å². The molecule has 4 heterocycles. The van der Waals surface area contributed by atoms with E-state index in [9.17, 15) is 8.78 Å². The third kappa shape index (κ3) is 2.94. The normalized spacial score (nSPS) is 12.5. The Bertz CT molecular complexity index is 1340. The van der Waals surface area contributed by atoms with Gasteiger partial charge in [0.1, 0.15) is 29.3 Å². The summed E-state index contributed by atoms with van der Waals surface area (Å²) in [6.45, 7) is 1.88. The van der Waals surface area contributed by atoms with Gasteiger partial charge in [-0.25, -0.2) is 28.7 Å². The van der Waals surface area contributed by atoms with Crippen LogP contribution in [0, 0.1) is 11.6 Å². The Morgan fingerprint density at radius 3 is 2.83 bits per heavy atom. The molecule has 0 unspecified atom stereocenters. The third-order valence-corrected chi connectivity index (χ3v) is 4.55. The standard InChI is InChI=1S/C19H14F2N8/c1-10(27-18-16-17(24-8-23-16)25-9-26-18)19-28-14-3-2-11(20)5-15(14)29(19)13-4-12(21)6-22-7-13/h2-10H,1H3,(H2,23,24,25,26,27)/t10-/m1/s1.